The van der Waals surface area contributed by atoms with Crippen molar-refractivity contribution in [3.8, 4) is 6.07 Å². The van der Waals surface area contributed by atoms with E-state index in [4.69, 9.17) is 11.0 Å². The molecule has 0 spiro atoms. The molecule has 3 aromatic carbocycles. The second kappa shape index (κ2) is 10.1. The molecule has 9 heteroatoms. The van der Waals surface area contributed by atoms with Crippen LogP contribution in [0.15, 0.2) is 77.7 Å². The first-order valence-corrected chi connectivity index (χ1v) is 10.5. The van der Waals surface area contributed by atoms with Gasteiger partial charge in [0.25, 0.3) is 15.9 Å². The summed E-state index contributed by atoms with van der Waals surface area (Å²) in [6.45, 7) is 0.368. The van der Waals surface area contributed by atoms with E-state index in [0.29, 0.717) is 23.5 Å². The summed E-state index contributed by atoms with van der Waals surface area (Å²) in [5.74, 6) is -0.452. The Hall–Kier alpha value is -3.38. The summed E-state index contributed by atoms with van der Waals surface area (Å²) in [6.07, 6.45) is 0. The molecule has 0 aliphatic rings. The average Bonchev–Trinajstić information content (AvgIpc) is 2.79. The molecule has 0 atom stereocenters. The van der Waals surface area contributed by atoms with E-state index in [-0.39, 0.29) is 22.9 Å². The van der Waals surface area contributed by atoms with Gasteiger partial charge in [0.2, 0.25) is 0 Å². The number of hydrogen-bond acceptors (Lipinski definition) is 5. The van der Waals surface area contributed by atoms with Crippen LogP contribution in [0.25, 0.3) is 0 Å². The molecular formula is C22H21ClN4O3S. The van der Waals surface area contributed by atoms with Crippen LogP contribution in [0.2, 0.25) is 0 Å². The van der Waals surface area contributed by atoms with Crippen molar-refractivity contribution < 1.29 is 13.2 Å². The Morgan fingerprint density at radius 2 is 1.71 bits per heavy atom. The van der Waals surface area contributed by atoms with Crippen molar-refractivity contribution >= 4 is 39.7 Å². The molecule has 0 aliphatic heterocycles. The molecule has 0 fully saturated rings. The van der Waals surface area contributed by atoms with Crippen molar-refractivity contribution in [1.29, 1.82) is 5.26 Å². The lowest BCUT2D eigenvalue weighted by Crippen LogP contribution is -2.27. The number of nitriles is 1. The summed E-state index contributed by atoms with van der Waals surface area (Å²) in [7, 11) is -2.41. The third-order valence-electron chi connectivity index (χ3n) is 4.56. The van der Waals surface area contributed by atoms with E-state index < -0.39 is 15.9 Å². The SMILES string of the molecule is CN(c1ccc(CN)cc1)S(=O)(=O)c1cccc(C(=O)Nc2ccc(C#N)cc2)c1.Cl. The van der Waals surface area contributed by atoms with Gasteiger partial charge >= 0.3 is 0 Å². The molecular weight excluding hydrogens is 436 g/mol. The molecule has 160 valence electrons. The number of rotatable bonds is 6. The van der Waals surface area contributed by atoms with Crippen LogP contribution in [0.1, 0.15) is 21.5 Å². The first-order valence-electron chi connectivity index (χ1n) is 9.04. The standard InChI is InChI=1S/C22H20N4O3S.ClH/c1-26(20-11-7-17(15-24)8-12-20)30(28,29)21-4-2-3-18(13-21)22(27)25-19-9-5-16(14-23)6-10-19;/h2-13H,15,24H2,1H3,(H,25,27);1H. The van der Waals surface area contributed by atoms with Gasteiger partial charge in [-0.05, 0) is 60.2 Å². The molecule has 31 heavy (non-hydrogen) atoms. The minimum absolute atomic E-state index is 0. The highest BCUT2D eigenvalue weighted by molar-refractivity contribution is 7.92. The number of sulfonamides is 1. The zero-order chi connectivity index (χ0) is 21.7. The summed E-state index contributed by atoms with van der Waals surface area (Å²) in [6, 6.07) is 21.1. The van der Waals surface area contributed by atoms with E-state index in [1.54, 1.807) is 48.5 Å². The Kier molecular flexibility index (Phi) is 7.78. The second-order valence-electron chi connectivity index (χ2n) is 6.51. The van der Waals surface area contributed by atoms with Crippen LogP contribution in [0.5, 0.6) is 0 Å². The normalized spacial score (nSPS) is 10.5. The summed E-state index contributed by atoms with van der Waals surface area (Å²) in [5, 5.41) is 11.5. The van der Waals surface area contributed by atoms with Gasteiger partial charge in [0.05, 0.1) is 22.2 Å². The molecule has 7 nitrogen and oxygen atoms in total. The minimum Gasteiger partial charge on any atom is -0.326 e. The van der Waals surface area contributed by atoms with Crippen LogP contribution in [-0.4, -0.2) is 21.4 Å². The fourth-order valence-corrected chi connectivity index (χ4v) is 4.01. The van der Waals surface area contributed by atoms with Crippen LogP contribution in [0.4, 0.5) is 11.4 Å². The lowest BCUT2D eigenvalue weighted by Gasteiger charge is -2.20. The van der Waals surface area contributed by atoms with Gasteiger partial charge in [0, 0.05) is 24.8 Å². The number of nitrogens with one attached hydrogen (secondary N) is 1. The summed E-state index contributed by atoms with van der Waals surface area (Å²) in [5.41, 5.74) is 8.14. The Morgan fingerprint density at radius 1 is 1.06 bits per heavy atom. The lowest BCUT2D eigenvalue weighted by atomic mass is 10.2. The fraction of sp³-hybridized carbons (Fsp3) is 0.0909. The number of amides is 1. The van der Waals surface area contributed by atoms with Gasteiger partial charge in [-0.25, -0.2) is 8.42 Å². The Morgan fingerprint density at radius 3 is 2.29 bits per heavy atom. The summed E-state index contributed by atoms with van der Waals surface area (Å²) < 4.78 is 27.2. The second-order valence-corrected chi connectivity index (χ2v) is 8.48. The Labute approximate surface area is 187 Å². The number of carbonyl (C=O) groups is 1. The van der Waals surface area contributed by atoms with E-state index in [1.807, 2.05) is 6.07 Å². The molecule has 0 aromatic heterocycles. The Balaban J connectivity index is 0.00000341. The maximum atomic E-state index is 13.0. The summed E-state index contributed by atoms with van der Waals surface area (Å²) >= 11 is 0. The molecule has 3 aromatic rings. The van der Waals surface area contributed by atoms with E-state index in [2.05, 4.69) is 5.32 Å². The van der Waals surface area contributed by atoms with Crippen LogP contribution in [0.3, 0.4) is 0 Å². The molecule has 0 radical (unpaired) electrons. The zero-order valence-corrected chi connectivity index (χ0v) is 18.3. The van der Waals surface area contributed by atoms with Crippen molar-refractivity contribution in [2.45, 2.75) is 11.4 Å². The number of carbonyl (C=O) groups excluding carboxylic acids is 1. The molecule has 0 heterocycles. The van der Waals surface area contributed by atoms with Gasteiger partial charge in [-0.2, -0.15) is 5.26 Å². The minimum atomic E-state index is -3.86. The van der Waals surface area contributed by atoms with Gasteiger partial charge < -0.3 is 11.1 Å². The highest BCUT2D eigenvalue weighted by atomic mass is 35.5. The predicted octanol–water partition coefficient (Wildman–Crippen LogP) is 3.52. The van der Waals surface area contributed by atoms with Gasteiger partial charge in [-0.3, -0.25) is 9.10 Å². The highest BCUT2D eigenvalue weighted by Gasteiger charge is 2.22. The zero-order valence-electron chi connectivity index (χ0n) is 16.6. The number of nitrogens with zero attached hydrogens (tertiary/aromatic N) is 2. The molecule has 0 saturated heterocycles. The topological polar surface area (TPSA) is 116 Å². The van der Waals surface area contributed by atoms with Crippen molar-refractivity contribution in [3.63, 3.8) is 0 Å². The van der Waals surface area contributed by atoms with Crippen molar-refractivity contribution in [3.05, 3.63) is 89.5 Å². The van der Waals surface area contributed by atoms with Crippen molar-refractivity contribution in [2.75, 3.05) is 16.7 Å². The third kappa shape index (κ3) is 5.41. The molecule has 0 bridgehead atoms. The van der Waals surface area contributed by atoms with E-state index in [0.717, 1.165) is 9.87 Å². The van der Waals surface area contributed by atoms with Crippen molar-refractivity contribution in [2.24, 2.45) is 5.73 Å². The molecule has 3 N–H and O–H groups in total. The van der Waals surface area contributed by atoms with Crippen LogP contribution >= 0.6 is 12.4 Å². The predicted molar refractivity (Wildman–Crippen MR) is 123 cm³/mol. The molecule has 0 unspecified atom stereocenters. The number of nitrogens with two attached hydrogens (primary N) is 1. The molecule has 1 amide bonds. The van der Waals surface area contributed by atoms with Crippen LogP contribution in [0, 0.1) is 11.3 Å². The number of benzene rings is 3. The largest absolute Gasteiger partial charge is 0.326 e. The number of halogens is 1. The van der Waals surface area contributed by atoms with Gasteiger partial charge in [0.1, 0.15) is 0 Å². The summed E-state index contributed by atoms with van der Waals surface area (Å²) in [4.78, 5) is 12.6. The Bertz CT molecular complexity index is 1200. The van der Waals surface area contributed by atoms with Crippen LogP contribution < -0.4 is 15.4 Å². The monoisotopic (exact) mass is 456 g/mol. The van der Waals surface area contributed by atoms with E-state index in [9.17, 15) is 13.2 Å². The first kappa shape index (κ1) is 23.9. The lowest BCUT2D eigenvalue weighted by molar-refractivity contribution is 0.102. The maximum Gasteiger partial charge on any atom is 0.264 e. The van der Waals surface area contributed by atoms with Crippen LogP contribution in [-0.2, 0) is 16.6 Å². The number of hydrogen-bond donors (Lipinski definition) is 2. The maximum absolute atomic E-state index is 13.0. The quantitative estimate of drug-likeness (QED) is 0.588. The highest BCUT2D eigenvalue weighted by Crippen LogP contribution is 2.23. The number of anilines is 2. The smallest absolute Gasteiger partial charge is 0.264 e. The molecule has 3 rings (SSSR count). The van der Waals surface area contributed by atoms with E-state index in [1.165, 1.54) is 31.3 Å². The average molecular weight is 457 g/mol. The fourth-order valence-electron chi connectivity index (χ4n) is 2.77. The van der Waals surface area contributed by atoms with Gasteiger partial charge in [0.15, 0.2) is 0 Å². The third-order valence-corrected chi connectivity index (χ3v) is 6.34. The first-order chi connectivity index (χ1) is 14.3. The van der Waals surface area contributed by atoms with E-state index >= 15 is 0 Å². The molecule has 0 aliphatic carbocycles. The van der Waals surface area contributed by atoms with Crippen molar-refractivity contribution in [1.82, 2.24) is 0 Å². The van der Waals surface area contributed by atoms with Gasteiger partial charge in [-0.1, -0.05) is 18.2 Å². The molecule has 0 saturated carbocycles. The van der Waals surface area contributed by atoms with Gasteiger partial charge in [-0.15, -0.1) is 12.4 Å².